The van der Waals surface area contributed by atoms with Gasteiger partial charge in [-0.05, 0) is 104 Å². The molecule has 6 unspecified atom stereocenters. The van der Waals surface area contributed by atoms with Crippen LogP contribution in [-0.2, 0) is 0 Å². The van der Waals surface area contributed by atoms with Crippen LogP contribution < -0.4 is 0 Å². The summed E-state index contributed by atoms with van der Waals surface area (Å²) in [4.78, 5) is 0. The number of allylic oxidation sites excluding steroid dienone is 2. The fraction of sp³-hybridized carbons (Fsp3) is 0.933. The highest BCUT2D eigenvalue weighted by atomic mass is 14.6. The molecule has 0 nitrogen and oxygen atoms in total. The van der Waals surface area contributed by atoms with Gasteiger partial charge in [-0.25, -0.2) is 0 Å². The Hall–Kier alpha value is -0.260. The molecule has 0 aromatic rings. The highest BCUT2D eigenvalue weighted by molar-refractivity contribution is 5.25. The van der Waals surface area contributed by atoms with Crippen molar-refractivity contribution in [1.82, 2.24) is 0 Å². The fourth-order valence-electron chi connectivity index (χ4n) is 8.87. The Bertz CT molecular complexity index is 585. The number of hydrogen-bond acceptors (Lipinski definition) is 0. The van der Waals surface area contributed by atoms with Crippen LogP contribution in [0.3, 0.4) is 0 Å². The second-order valence-corrected chi connectivity index (χ2v) is 12.6. The van der Waals surface area contributed by atoms with Crippen molar-refractivity contribution >= 4 is 0 Å². The lowest BCUT2D eigenvalue weighted by molar-refractivity contribution is -0.0523. The van der Waals surface area contributed by atoms with Crippen LogP contribution in [0.15, 0.2) is 11.6 Å². The lowest BCUT2D eigenvalue weighted by Gasteiger charge is -2.58. The Morgan fingerprint density at radius 3 is 2.37 bits per heavy atom. The summed E-state index contributed by atoms with van der Waals surface area (Å²) in [5.74, 6) is 6.73. The first-order chi connectivity index (χ1) is 14.3. The van der Waals surface area contributed by atoms with E-state index in [2.05, 4.69) is 47.6 Å². The minimum absolute atomic E-state index is 0.553. The predicted octanol–water partition coefficient (Wildman–Crippen LogP) is 9.69. The normalized spacial score (nSPS) is 43.6. The van der Waals surface area contributed by atoms with Crippen LogP contribution in [0.1, 0.15) is 126 Å². The van der Waals surface area contributed by atoms with E-state index in [0.29, 0.717) is 10.8 Å². The van der Waals surface area contributed by atoms with Gasteiger partial charge in [-0.15, -0.1) is 0 Å². The molecule has 0 aliphatic heterocycles. The van der Waals surface area contributed by atoms with E-state index < -0.39 is 0 Å². The molecule has 3 saturated carbocycles. The van der Waals surface area contributed by atoms with Crippen LogP contribution in [0.4, 0.5) is 0 Å². The quantitative estimate of drug-likeness (QED) is 0.393. The summed E-state index contributed by atoms with van der Waals surface area (Å²) in [5, 5.41) is 0. The summed E-state index contributed by atoms with van der Waals surface area (Å²) < 4.78 is 0. The van der Waals surface area contributed by atoms with Crippen LogP contribution in [0.25, 0.3) is 0 Å². The summed E-state index contributed by atoms with van der Waals surface area (Å²) in [6.07, 6.45) is 19.0. The lowest BCUT2D eigenvalue weighted by Crippen LogP contribution is -2.50. The average molecular weight is 415 g/mol. The maximum absolute atomic E-state index is 2.75. The molecule has 4 aliphatic rings. The van der Waals surface area contributed by atoms with Crippen molar-refractivity contribution in [1.29, 1.82) is 0 Å². The largest absolute Gasteiger partial charge is 0.0845 e. The highest BCUT2D eigenvalue weighted by Gasteiger charge is 2.58. The van der Waals surface area contributed by atoms with Gasteiger partial charge in [-0.2, -0.15) is 0 Å². The van der Waals surface area contributed by atoms with E-state index in [4.69, 9.17) is 0 Å². The van der Waals surface area contributed by atoms with Gasteiger partial charge < -0.3 is 0 Å². The Labute approximate surface area is 190 Å². The summed E-state index contributed by atoms with van der Waals surface area (Å²) in [5.41, 5.74) is 3.06. The van der Waals surface area contributed by atoms with Gasteiger partial charge in [-0.3, -0.25) is 0 Å². The number of hydrogen-bond donors (Lipinski definition) is 0. The van der Waals surface area contributed by atoms with Gasteiger partial charge in [0, 0.05) is 0 Å². The third-order valence-corrected chi connectivity index (χ3v) is 10.6. The first kappa shape index (κ1) is 24.4. The molecular formula is C30H54. The third kappa shape index (κ3) is 4.32. The van der Waals surface area contributed by atoms with E-state index in [0.717, 1.165) is 41.4 Å². The van der Waals surface area contributed by atoms with Gasteiger partial charge in [0.2, 0.25) is 0 Å². The smallest absolute Gasteiger partial charge is 0.00851 e. The van der Waals surface area contributed by atoms with Crippen LogP contribution in [-0.4, -0.2) is 0 Å². The van der Waals surface area contributed by atoms with Crippen LogP contribution in [0.5, 0.6) is 0 Å². The first-order valence-corrected chi connectivity index (χ1v) is 13.9. The molecule has 0 amide bonds. The molecule has 4 rings (SSSR count). The Morgan fingerprint density at radius 2 is 1.67 bits per heavy atom. The molecule has 0 spiro atoms. The minimum atomic E-state index is 0.553. The van der Waals surface area contributed by atoms with E-state index in [1.807, 2.05) is 19.4 Å². The summed E-state index contributed by atoms with van der Waals surface area (Å²) in [6.45, 7) is 19.3. The van der Waals surface area contributed by atoms with Crippen LogP contribution in [0.2, 0.25) is 0 Å². The molecule has 8 atom stereocenters. The zero-order valence-electron chi connectivity index (χ0n) is 21.9. The summed E-state index contributed by atoms with van der Waals surface area (Å²) >= 11 is 0. The monoisotopic (exact) mass is 414 g/mol. The van der Waals surface area contributed by atoms with Gasteiger partial charge in [0.1, 0.15) is 0 Å². The standard InChI is InChI=1S/C28H48.C2H6/c1-19(2)8-7-9-21(4)24-12-13-25-23-11-10-22-18-20(3)14-16-27(22,5)26(23)15-17-28(24,25)6;1-2/h10,19-21,23-26H,7-9,11-18H2,1-6H3;1-2H3/t20-,21?,23?,24?,25?,26?,27+,28?;/m0./s1. The first-order valence-electron chi connectivity index (χ1n) is 13.9. The highest BCUT2D eigenvalue weighted by Crippen LogP contribution is 2.67. The third-order valence-electron chi connectivity index (χ3n) is 10.6. The molecule has 0 N–H and O–H groups in total. The molecule has 0 heterocycles. The summed E-state index contributed by atoms with van der Waals surface area (Å²) in [6, 6.07) is 0. The van der Waals surface area contributed by atoms with Gasteiger partial charge >= 0.3 is 0 Å². The van der Waals surface area contributed by atoms with E-state index >= 15 is 0 Å². The van der Waals surface area contributed by atoms with Gasteiger partial charge in [0.05, 0.1) is 0 Å². The van der Waals surface area contributed by atoms with Crippen LogP contribution in [0, 0.1) is 52.3 Å². The average Bonchev–Trinajstić information content (AvgIpc) is 3.07. The van der Waals surface area contributed by atoms with Crippen molar-refractivity contribution in [3.8, 4) is 0 Å². The number of fused-ring (bicyclic) bond motifs is 5. The molecule has 0 heteroatoms. The van der Waals surface area contributed by atoms with E-state index in [1.54, 1.807) is 0 Å². The van der Waals surface area contributed by atoms with E-state index in [-0.39, 0.29) is 0 Å². The second kappa shape index (κ2) is 9.70. The lowest BCUT2D eigenvalue weighted by atomic mass is 9.46. The van der Waals surface area contributed by atoms with E-state index in [1.165, 1.54) is 70.6 Å². The van der Waals surface area contributed by atoms with Crippen LogP contribution >= 0.6 is 0 Å². The van der Waals surface area contributed by atoms with Crippen molar-refractivity contribution in [3.63, 3.8) is 0 Å². The molecule has 30 heavy (non-hydrogen) atoms. The fourth-order valence-corrected chi connectivity index (χ4v) is 8.87. The van der Waals surface area contributed by atoms with Crippen molar-refractivity contribution in [3.05, 3.63) is 11.6 Å². The SMILES string of the molecule is CC.CC(C)CCCC(C)C1CCC2C3CC=C4C[C@@H](C)CC[C@@]4(C)C3CCC12C. The van der Waals surface area contributed by atoms with Crippen molar-refractivity contribution in [2.24, 2.45) is 52.3 Å². The molecule has 4 aliphatic carbocycles. The van der Waals surface area contributed by atoms with Crippen molar-refractivity contribution in [2.45, 2.75) is 126 Å². The topological polar surface area (TPSA) is 0 Å². The van der Waals surface area contributed by atoms with Gasteiger partial charge in [0.25, 0.3) is 0 Å². The molecule has 0 radical (unpaired) electrons. The zero-order chi connectivity index (χ0) is 22.1. The van der Waals surface area contributed by atoms with Gasteiger partial charge in [0.15, 0.2) is 0 Å². The predicted molar refractivity (Wildman–Crippen MR) is 134 cm³/mol. The molecule has 0 aromatic carbocycles. The molecular weight excluding hydrogens is 360 g/mol. The van der Waals surface area contributed by atoms with Crippen molar-refractivity contribution in [2.75, 3.05) is 0 Å². The Kier molecular flexibility index (Phi) is 7.89. The second-order valence-electron chi connectivity index (χ2n) is 12.6. The Balaban J connectivity index is 0.00000124. The minimum Gasteiger partial charge on any atom is -0.0845 e. The molecule has 3 fully saturated rings. The molecule has 0 aromatic heterocycles. The molecule has 174 valence electrons. The van der Waals surface area contributed by atoms with E-state index in [9.17, 15) is 0 Å². The molecule has 0 bridgehead atoms. The zero-order valence-corrected chi connectivity index (χ0v) is 21.9. The van der Waals surface area contributed by atoms with Crippen molar-refractivity contribution < 1.29 is 0 Å². The summed E-state index contributed by atoms with van der Waals surface area (Å²) in [7, 11) is 0. The van der Waals surface area contributed by atoms with Gasteiger partial charge in [-0.1, -0.05) is 86.3 Å². The Morgan fingerprint density at radius 1 is 0.933 bits per heavy atom. The number of rotatable bonds is 5. The molecule has 0 saturated heterocycles. The maximum atomic E-state index is 2.75. The maximum Gasteiger partial charge on any atom is -0.00851 e.